The van der Waals surface area contributed by atoms with Crippen LogP contribution in [0.25, 0.3) is 0 Å². The van der Waals surface area contributed by atoms with Crippen LogP contribution < -0.4 is 0 Å². The summed E-state index contributed by atoms with van der Waals surface area (Å²) in [5, 5.41) is 9.37. The summed E-state index contributed by atoms with van der Waals surface area (Å²) in [6.07, 6.45) is 6.57. The first kappa shape index (κ1) is 15.5. The average Bonchev–Trinajstić information content (AvgIpc) is 2.40. The molecule has 18 heavy (non-hydrogen) atoms. The number of nitrogens with zero attached hydrogens (tertiary/aromatic N) is 1. The van der Waals surface area contributed by atoms with Crippen LogP contribution in [-0.2, 0) is 4.79 Å². The molecule has 3 nitrogen and oxygen atoms in total. The molecule has 0 aliphatic heterocycles. The van der Waals surface area contributed by atoms with Gasteiger partial charge in [0.25, 0.3) is 0 Å². The predicted molar refractivity (Wildman–Crippen MR) is 74.7 cm³/mol. The highest BCUT2D eigenvalue weighted by Crippen LogP contribution is 2.29. The number of rotatable bonds is 7. The molecule has 0 aromatic heterocycles. The van der Waals surface area contributed by atoms with Crippen molar-refractivity contribution in [1.29, 1.82) is 0 Å². The highest BCUT2D eigenvalue weighted by molar-refractivity contribution is 5.71. The van der Waals surface area contributed by atoms with Crippen LogP contribution >= 0.6 is 0 Å². The molecule has 0 aromatic rings. The Labute approximate surface area is 112 Å². The summed E-state index contributed by atoms with van der Waals surface area (Å²) in [4.78, 5) is 13.8. The Balaban J connectivity index is 2.68. The first-order valence-corrected chi connectivity index (χ1v) is 7.60. The fraction of sp³-hybridized carbons (Fsp3) is 0.933. The van der Waals surface area contributed by atoms with E-state index >= 15 is 0 Å². The van der Waals surface area contributed by atoms with Gasteiger partial charge in [-0.1, -0.05) is 46.5 Å². The fourth-order valence-electron chi connectivity index (χ4n) is 3.21. The number of hydrogen-bond donors (Lipinski definition) is 1. The molecule has 3 heteroatoms. The molecule has 0 heterocycles. The van der Waals surface area contributed by atoms with E-state index in [2.05, 4.69) is 25.7 Å². The van der Waals surface area contributed by atoms with Crippen molar-refractivity contribution in [2.45, 2.75) is 65.3 Å². The number of carbonyl (C=O) groups is 1. The maximum absolute atomic E-state index is 11.4. The third-order valence-electron chi connectivity index (χ3n) is 4.57. The van der Waals surface area contributed by atoms with Crippen molar-refractivity contribution in [1.82, 2.24) is 4.90 Å². The van der Waals surface area contributed by atoms with Crippen LogP contribution in [0.1, 0.15) is 59.3 Å². The van der Waals surface area contributed by atoms with Gasteiger partial charge in [0.15, 0.2) is 0 Å². The normalized spacial score (nSPS) is 24.7. The van der Waals surface area contributed by atoms with Gasteiger partial charge >= 0.3 is 5.97 Å². The second-order valence-corrected chi connectivity index (χ2v) is 5.57. The minimum atomic E-state index is -0.595. The minimum Gasteiger partial charge on any atom is -0.481 e. The monoisotopic (exact) mass is 255 g/mol. The maximum atomic E-state index is 11.4. The van der Waals surface area contributed by atoms with E-state index in [4.69, 9.17) is 0 Å². The molecule has 0 spiro atoms. The lowest BCUT2D eigenvalue weighted by atomic mass is 9.83. The van der Waals surface area contributed by atoms with E-state index in [-0.39, 0.29) is 12.0 Å². The van der Waals surface area contributed by atoms with Crippen molar-refractivity contribution in [2.75, 3.05) is 13.1 Å². The summed E-state index contributed by atoms with van der Waals surface area (Å²) < 4.78 is 0. The van der Waals surface area contributed by atoms with Crippen LogP contribution in [0.15, 0.2) is 0 Å². The number of aliphatic carboxylic acids is 1. The van der Waals surface area contributed by atoms with Gasteiger partial charge in [-0.15, -0.1) is 0 Å². The van der Waals surface area contributed by atoms with Gasteiger partial charge < -0.3 is 5.11 Å². The van der Waals surface area contributed by atoms with Crippen LogP contribution in [0.5, 0.6) is 0 Å². The quantitative estimate of drug-likeness (QED) is 0.758. The van der Waals surface area contributed by atoms with Gasteiger partial charge in [-0.3, -0.25) is 9.69 Å². The molecule has 0 radical (unpaired) electrons. The van der Waals surface area contributed by atoms with Gasteiger partial charge in [-0.05, 0) is 25.3 Å². The second-order valence-electron chi connectivity index (χ2n) is 5.57. The zero-order valence-corrected chi connectivity index (χ0v) is 12.2. The van der Waals surface area contributed by atoms with Gasteiger partial charge in [-0.25, -0.2) is 0 Å². The molecule has 1 rings (SSSR count). The van der Waals surface area contributed by atoms with Gasteiger partial charge in [0.05, 0.1) is 5.92 Å². The Bertz CT molecular complexity index is 251. The standard InChI is InChI=1S/C15H29NO2/c1-4-12(5-2)11-16(6-3)14-10-8-7-9-13(14)15(17)18/h12-14H,4-11H2,1-3H3,(H,17,18). The Hall–Kier alpha value is -0.570. The number of hydrogen-bond acceptors (Lipinski definition) is 2. The van der Waals surface area contributed by atoms with E-state index in [0.29, 0.717) is 5.92 Å². The molecule has 1 saturated carbocycles. The van der Waals surface area contributed by atoms with Gasteiger partial charge in [0.1, 0.15) is 0 Å². The van der Waals surface area contributed by atoms with Crippen molar-refractivity contribution in [3.63, 3.8) is 0 Å². The molecule has 2 unspecified atom stereocenters. The van der Waals surface area contributed by atoms with Gasteiger partial charge in [-0.2, -0.15) is 0 Å². The highest BCUT2D eigenvalue weighted by Gasteiger charge is 2.34. The zero-order valence-electron chi connectivity index (χ0n) is 12.2. The summed E-state index contributed by atoms with van der Waals surface area (Å²) in [5.41, 5.74) is 0. The van der Waals surface area contributed by atoms with Crippen LogP contribution in [0.2, 0.25) is 0 Å². The van der Waals surface area contributed by atoms with Crippen LogP contribution in [0.4, 0.5) is 0 Å². The van der Waals surface area contributed by atoms with Crippen molar-refractivity contribution >= 4 is 5.97 Å². The van der Waals surface area contributed by atoms with E-state index < -0.39 is 5.97 Å². The lowest BCUT2D eigenvalue weighted by molar-refractivity contribution is -0.145. The molecule has 106 valence electrons. The number of carboxylic acid groups (broad SMARTS) is 1. The van der Waals surface area contributed by atoms with Crippen molar-refractivity contribution in [3.05, 3.63) is 0 Å². The van der Waals surface area contributed by atoms with E-state index in [9.17, 15) is 9.90 Å². The Morgan fingerprint density at radius 2 is 1.83 bits per heavy atom. The second kappa shape index (κ2) is 7.78. The summed E-state index contributed by atoms with van der Waals surface area (Å²) in [7, 11) is 0. The van der Waals surface area contributed by atoms with Crippen LogP contribution in [-0.4, -0.2) is 35.1 Å². The molecule has 1 fully saturated rings. The van der Waals surface area contributed by atoms with Gasteiger partial charge in [0, 0.05) is 12.6 Å². The van der Waals surface area contributed by atoms with Crippen molar-refractivity contribution < 1.29 is 9.90 Å². The fourth-order valence-corrected chi connectivity index (χ4v) is 3.21. The first-order chi connectivity index (χ1) is 8.63. The molecule has 0 amide bonds. The van der Waals surface area contributed by atoms with Crippen LogP contribution in [0.3, 0.4) is 0 Å². The summed E-state index contributed by atoms with van der Waals surface area (Å²) in [6, 6.07) is 0.266. The molecule has 0 bridgehead atoms. The third kappa shape index (κ3) is 3.98. The smallest absolute Gasteiger partial charge is 0.308 e. The number of carboxylic acids is 1. The zero-order chi connectivity index (χ0) is 13.5. The van der Waals surface area contributed by atoms with E-state index in [1.54, 1.807) is 0 Å². The molecular formula is C15H29NO2. The summed E-state index contributed by atoms with van der Waals surface area (Å²) >= 11 is 0. The van der Waals surface area contributed by atoms with E-state index in [0.717, 1.165) is 32.4 Å². The van der Waals surface area contributed by atoms with Gasteiger partial charge in [0.2, 0.25) is 0 Å². The van der Waals surface area contributed by atoms with E-state index in [1.807, 2.05) is 0 Å². The van der Waals surface area contributed by atoms with Crippen molar-refractivity contribution in [2.24, 2.45) is 11.8 Å². The summed E-state index contributed by atoms with van der Waals surface area (Å²) in [6.45, 7) is 8.67. The summed E-state index contributed by atoms with van der Waals surface area (Å²) in [5.74, 6) is -0.0305. The molecule has 0 saturated heterocycles. The molecule has 1 N–H and O–H groups in total. The molecule has 1 aliphatic carbocycles. The predicted octanol–water partition coefficient (Wildman–Crippen LogP) is 3.39. The van der Waals surface area contributed by atoms with Crippen molar-refractivity contribution in [3.8, 4) is 0 Å². The topological polar surface area (TPSA) is 40.5 Å². The van der Waals surface area contributed by atoms with E-state index in [1.165, 1.54) is 19.3 Å². The SMILES string of the molecule is CCC(CC)CN(CC)C1CCCCC1C(=O)O. The molecule has 0 aromatic carbocycles. The lowest BCUT2D eigenvalue weighted by Crippen LogP contribution is -2.47. The van der Waals surface area contributed by atoms with Crippen LogP contribution in [0, 0.1) is 11.8 Å². The average molecular weight is 255 g/mol. The Morgan fingerprint density at radius 3 is 2.33 bits per heavy atom. The Morgan fingerprint density at radius 1 is 1.22 bits per heavy atom. The lowest BCUT2D eigenvalue weighted by Gasteiger charge is -2.39. The molecule has 2 atom stereocenters. The minimum absolute atomic E-state index is 0.145. The Kier molecular flexibility index (Phi) is 6.69. The maximum Gasteiger partial charge on any atom is 0.308 e. The molecular weight excluding hydrogens is 226 g/mol. The third-order valence-corrected chi connectivity index (χ3v) is 4.57. The first-order valence-electron chi connectivity index (χ1n) is 7.60. The molecule has 1 aliphatic rings. The highest BCUT2D eigenvalue weighted by atomic mass is 16.4. The largest absolute Gasteiger partial charge is 0.481 e.